The Labute approximate surface area is 149 Å². The van der Waals surface area contributed by atoms with Crippen LogP contribution in [0.3, 0.4) is 0 Å². The molecule has 0 N–H and O–H groups in total. The zero-order valence-electron chi connectivity index (χ0n) is 15.0. The molecule has 1 atom stereocenters. The molecule has 5 heteroatoms. The van der Waals surface area contributed by atoms with E-state index < -0.39 is 6.17 Å². The third-order valence-corrected chi connectivity index (χ3v) is 6.00. The fourth-order valence-electron chi connectivity index (χ4n) is 4.73. The third kappa shape index (κ3) is 3.00. The molecule has 0 bridgehead atoms. The Morgan fingerprint density at radius 2 is 1.64 bits per heavy atom. The van der Waals surface area contributed by atoms with Crippen molar-refractivity contribution < 1.29 is 9.59 Å². The molecule has 1 unspecified atom stereocenters. The van der Waals surface area contributed by atoms with Crippen molar-refractivity contribution in [3.8, 4) is 0 Å². The second kappa shape index (κ2) is 6.89. The van der Waals surface area contributed by atoms with Gasteiger partial charge < -0.3 is 4.90 Å². The lowest BCUT2D eigenvalue weighted by molar-refractivity contribution is -0.117. The lowest BCUT2D eigenvalue weighted by Gasteiger charge is -2.43. The number of piperidine rings is 2. The minimum absolute atomic E-state index is 0.0542. The summed E-state index contributed by atoms with van der Waals surface area (Å²) in [5, 5.41) is 0. The van der Waals surface area contributed by atoms with Crippen molar-refractivity contribution in [2.45, 2.75) is 51.2 Å². The van der Waals surface area contributed by atoms with Crippen molar-refractivity contribution in [3.05, 3.63) is 29.8 Å². The van der Waals surface area contributed by atoms with E-state index >= 15 is 0 Å². The molecule has 5 nitrogen and oxygen atoms in total. The molecule has 3 aliphatic heterocycles. The van der Waals surface area contributed by atoms with Crippen LogP contribution in [-0.2, 0) is 4.79 Å². The number of amides is 1. The SMILES string of the molecule is CC(=O)N1c2ccccc2C(=O)C1N1CCC(N2CCCCC2)CC1. The summed E-state index contributed by atoms with van der Waals surface area (Å²) in [4.78, 5) is 31.7. The van der Waals surface area contributed by atoms with E-state index in [1.165, 1.54) is 32.4 Å². The molecule has 3 aliphatic rings. The monoisotopic (exact) mass is 341 g/mol. The van der Waals surface area contributed by atoms with Crippen LogP contribution in [-0.4, -0.2) is 59.9 Å². The van der Waals surface area contributed by atoms with Crippen LogP contribution in [0.2, 0.25) is 0 Å². The number of hydrogen-bond donors (Lipinski definition) is 0. The van der Waals surface area contributed by atoms with Crippen molar-refractivity contribution in [2.24, 2.45) is 0 Å². The zero-order valence-corrected chi connectivity index (χ0v) is 15.0. The first kappa shape index (κ1) is 16.7. The summed E-state index contributed by atoms with van der Waals surface area (Å²) in [5.74, 6) is 0.0173. The topological polar surface area (TPSA) is 43.9 Å². The lowest BCUT2D eigenvalue weighted by atomic mass is 9.99. The maximum absolute atomic E-state index is 12.9. The number of ketones is 1. The van der Waals surface area contributed by atoms with Gasteiger partial charge in [-0.3, -0.25) is 19.4 Å². The molecule has 1 aromatic rings. The maximum atomic E-state index is 12.9. The summed E-state index contributed by atoms with van der Waals surface area (Å²) in [7, 11) is 0. The number of fused-ring (bicyclic) bond motifs is 1. The summed E-state index contributed by atoms with van der Waals surface area (Å²) < 4.78 is 0. The number of anilines is 1. The smallest absolute Gasteiger partial charge is 0.225 e. The van der Waals surface area contributed by atoms with E-state index in [1.54, 1.807) is 11.8 Å². The normalized spacial score (nSPS) is 26.0. The predicted octanol–water partition coefficient (Wildman–Crippen LogP) is 2.51. The van der Waals surface area contributed by atoms with Crippen molar-refractivity contribution in [1.29, 1.82) is 0 Å². The van der Waals surface area contributed by atoms with E-state index in [1.807, 2.05) is 24.3 Å². The molecular formula is C20H27N3O2. The summed E-state index contributed by atoms with van der Waals surface area (Å²) in [5.41, 5.74) is 1.45. The second-order valence-corrected chi connectivity index (χ2v) is 7.51. The van der Waals surface area contributed by atoms with Gasteiger partial charge in [0, 0.05) is 31.6 Å². The van der Waals surface area contributed by atoms with Crippen molar-refractivity contribution in [1.82, 2.24) is 9.80 Å². The quantitative estimate of drug-likeness (QED) is 0.829. The molecule has 0 spiro atoms. The fraction of sp³-hybridized carbons (Fsp3) is 0.600. The number of carbonyl (C=O) groups excluding carboxylic acids is 2. The van der Waals surface area contributed by atoms with Crippen LogP contribution in [0.25, 0.3) is 0 Å². The Morgan fingerprint density at radius 3 is 2.32 bits per heavy atom. The molecule has 134 valence electrons. The Balaban J connectivity index is 1.49. The Bertz CT molecular complexity index is 661. The van der Waals surface area contributed by atoms with Gasteiger partial charge in [0.05, 0.1) is 5.69 Å². The summed E-state index contributed by atoms with van der Waals surface area (Å²) >= 11 is 0. The van der Waals surface area contributed by atoms with Crippen LogP contribution in [0, 0.1) is 0 Å². The number of benzene rings is 1. The van der Waals surface area contributed by atoms with Crippen molar-refractivity contribution in [3.63, 3.8) is 0 Å². The van der Waals surface area contributed by atoms with Gasteiger partial charge in [0.1, 0.15) is 0 Å². The fourth-order valence-corrected chi connectivity index (χ4v) is 4.73. The summed E-state index contributed by atoms with van der Waals surface area (Å²) in [6.07, 6.45) is 5.72. The highest BCUT2D eigenvalue weighted by molar-refractivity contribution is 6.17. The molecule has 2 fully saturated rings. The van der Waals surface area contributed by atoms with Gasteiger partial charge in [-0.15, -0.1) is 0 Å². The minimum atomic E-state index is -0.447. The van der Waals surface area contributed by atoms with Crippen molar-refractivity contribution in [2.75, 3.05) is 31.1 Å². The van der Waals surface area contributed by atoms with Gasteiger partial charge in [-0.1, -0.05) is 18.6 Å². The van der Waals surface area contributed by atoms with Gasteiger partial charge in [-0.05, 0) is 50.9 Å². The number of Topliss-reactive ketones (excluding diaryl/α,β-unsaturated/α-hetero) is 1. The van der Waals surface area contributed by atoms with Crippen LogP contribution in [0.1, 0.15) is 49.4 Å². The summed E-state index contributed by atoms with van der Waals surface area (Å²) in [6.45, 7) is 5.77. The Morgan fingerprint density at radius 1 is 0.960 bits per heavy atom. The Hall–Kier alpha value is -1.72. The molecule has 0 saturated carbocycles. The molecule has 2 saturated heterocycles. The third-order valence-electron chi connectivity index (χ3n) is 6.00. The molecule has 25 heavy (non-hydrogen) atoms. The standard InChI is InChI=1S/C20H27N3O2/c1-15(24)23-18-8-4-3-7-17(18)19(25)20(23)22-13-9-16(10-14-22)21-11-5-2-6-12-21/h3-4,7-8,16,20H,2,5-6,9-14H2,1H3. The highest BCUT2D eigenvalue weighted by Gasteiger charge is 2.44. The molecule has 1 aromatic carbocycles. The summed E-state index contributed by atoms with van der Waals surface area (Å²) in [6, 6.07) is 8.14. The molecule has 0 aromatic heterocycles. The van der Waals surface area contributed by atoms with E-state index in [4.69, 9.17) is 0 Å². The molecule has 1 amide bonds. The van der Waals surface area contributed by atoms with E-state index in [2.05, 4.69) is 9.80 Å². The average Bonchev–Trinajstić information content (AvgIpc) is 2.96. The minimum Gasteiger partial charge on any atom is -0.300 e. The van der Waals surface area contributed by atoms with Crippen molar-refractivity contribution >= 4 is 17.4 Å². The first-order valence-corrected chi connectivity index (χ1v) is 9.58. The predicted molar refractivity (Wildman–Crippen MR) is 97.7 cm³/mol. The number of likely N-dealkylation sites (tertiary alicyclic amines) is 2. The van der Waals surface area contributed by atoms with Crippen LogP contribution < -0.4 is 4.90 Å². The van der Waals surface area contributed by atoms with Gasteiger partial charge in [0.25, 0.3) is 0 Å². The van der Waals surface area contributed by atoms with Crippen LogP contribution in [0.5, 0.6) is 0 Å². The van der Waals surface area contributed by atoms with Gasteiger partial charge in [-0.2, -0.15) is 0 Å². The maximum Gasteiger partial charge on any atom is 0.225 e. The number of nitrogens with zero attached hydrogens (tertiary/aromatic N) is 3. The number of para-hydroxylation sites is 1. The van der Waals surface area contributed by atoms with Gasteiger partial charge >= 0.3 is 0 Å². The van der Waals surface area contributed by atoms with E-state index in [0.29, 0.717) is 11.6 Å². The van der Waals surface area contributed by atoms with Gasteiger partial charge in [0.15, 0.2) is 6.17 Å². The highest BCUT2D eigenvalue weighted by atomic mass is 16.2. The number of rotatable bonds is 2. The largest absolute Gasteiger partial charge is 0.300 e. The van der Waals surface area contributed by atoms with E-state index in [9.17, 15) is 9.59 Å². The molecular weight excluding hydrogens is 314 g/mol. The van der Waals surface area contributed by atoms with E-state index in [-0.39, 0.29) is 11.7 Å². The van der Waals surface area contributed by atoms with E-state index in [0.717, 1.165) is 31.6 Å². The van der Waals surface area contributed by atoms with Gasteiger partial charge in [-0.25, -0.2) is 0 Å². The first-order chi connectivity index (χ1) is 12.2. The number of hydrogen-bond acceptors (Lipinski definition) is 4. The highest BCUT2D eigenvalue weighted by Crippen LogP contribution is 2.35. The zero-order chi connectivity index (χ0) is 17.4. The molecule has 3 heterocycles. The van der Waals surface area contributed by atoms with Crippen LogP contribution in [0.4, 0.5) is 5.69 Å². The average molecular weight is 341 g/mol. The molecule has 0 aliphatic carbocycles. The molecule has 0 radical (unpaired) electrons. The van der Waals surface area contributed by atoms with Crippen LogP contribution in [0.15, 0.2) is 24.3 Å². The molecule has 4 rings (SSSR count). The second-order valence-electron chi connectivity index (χ2n) is 7.51. The number of carbonyl (C=O) groups is 2. The van der Waals surface area contributed by atoms with Crippen LogP contribution >= 0.6 is 0 Å². The lowest BCUT2D eigenvalue weighted by Crippen LogP contribution is -2.56. The Kier molecular flexibility index (Phi) is 4.61. The first-order valence-electron chi connectivity index (χ1n) is 9.58. The van der Waals surface area contributed by atoms with Gasteiger partial charge in [0.2, 0.25) is 11.7 Å².